The van der Waals surface area contributed by atoms with Crippen molar-refractivity contribution in [3.8, 4) is 11.8 Å². The summed E-state index contributed by atoms with van der Waals surface area (Å²) >= 11 is 11.8. The molecular weight excluding hydrogens is 451 g/mol. The third-order valence-electron chi connectivity index (χ3n) is 3.84. The van der Waals surface area contributed by atoms with E-state index in [9.17, 15) is 18.5 Å². The van der Waals surface area contributed by atoms with Gasteiger partial charge in [-0.25, -0.2) is 8.42 Å². The molecule has 2 aromatic carbocycles. The minimum absolute atomic E-state index is 0.113. The number of para-hydroxylation sites is 1. The number of hydrogen-bond acceptors (Lipinski definition) is 5. The fourth-order valence-corrected chi connectivity index (χ4v) is 4.31. The number of ether oxygens (including phenoxy) is 1. The van der Waals surface area contributed by atoms with Crippen molar-refractivity contribution in [1.82, 2.24) is 4.31 Å². The van der Waals surface area contributed by atoms with Crippen molar-refractivity contribution in [3.63, 3.8) is 0 Å². The summed E-state index contributed by atoms with van der Waals surface area (Å²) in [6.45, 7) is 3.58. The van der Waals surface area contributed by atoms with Crippen LogP contribution in [0.3, 0.4) is 0 Å². The molecule has 158 valence electrons. The lowest BCUT2D eigenvalue weighted by atomic mass is 10.2. The molecular formula is C20H18Cl2N2O5S. The molecule has 0 aliphatic carbocycles. The maximum Gasteiger partial charge on any atom is 0.289 e. The Kier molecular flexibility index (Phi) is 8.41. The highest BCUT2D eigenvalue weighted by Gasteiger charge is 2.31. The monoisotopic (exact) mass is 468 g/mol. The van der Waals surface area contributed by atoms with E-state index in [1.807, 2.05) is 0 Å². The molecule has 7 nitrogen and oxygen atoms in total. The molecule has 2 aromatic rings. The molecule has 0 fully saturated rings. The molecule has 0 spiro atoms. The summed E-state index contributed by atoms with van der Waals surface area (Å²) in [5.74, 6) is 5.58. The Morgan fingerprint density at radius 1 is 1.23 bits per heavy atom. The third kappa shape index (κ3) is 6.05. The predicted octanol–water partition coefficient (Wildman–Crippen LogP) is 4.15. The standard InChI is InChI=1S/C20H18Cl2N2O5S/c1-15(14-29-2)13-23(11-5-6-16-9-10-17(21)18(22)12-16)30(27,28)20-8-4-3-7-19(20)24(25)26/h3-4,7-10,12H,1,11,13-14H2,2H3. The van der Waals surface area contributed by atoms with Crippen LogP contribution >= 0.6 is 23.2 Å². The fourth-order valence-electron chi connectivity index (χ4n) is 2.49. The number of methoxy groups -OCH3 is 1. The Morgan fingerprint density at radius 2 is 1.93 bits per heavy atom. The first-order valence-corrected chi connectivity index (χ1v) is 10.7. The molecule has 0 N–H and O–H groups in total. The second kappa shape index (κ2) is 10.6. The van der Waals surface area contributed by atoms with E-state index >= 15 is 0 Å². The number of nitrogens with zero attached hydrogens (tertiary/aromatic N) is 2. The Labute approximate surface area is 185 Å². The van der Waals surface area contributed by atoms with E-state index in [0.29, 0.717) is 21.2 Å². The zero-order valence-electron chi connectivity index (χ0n) is 16.0. The highest BCUT2D eigenvalue weighted by atomic mass is 35.5. The highest BCUT2D eigenvalue weighted by molar-refractivity contribution is 7.89. The first-order chi connectivity index (χ1) is 14.2. The van der Waals surface area contributed by atoms with Crippen LogP contribution in [0.5, 0.6) is 0 Å². The van der Waals surface area contributed by atoms with Crippen LogP contribution in [0.1, 0.15) is 5.56 Å². The van der Waals surface area contributed by atoms with Crippen LogP contribution in [0, 0.1) is 22.0 Å². The van der Waals surface area contributed by atoms with Gasteiger partial charge in [0, 0.05) is 25.3 Å². The van der Waals surface area contributed by atoms with Gasteiger partial charge in [-0.2, -0.15) is 4.31 Å². The number of nitro groups is 1. The van der Waals surface area contributed by atoms with Gasteiger partial charge >= 0.3 is 0 Å². The molecule has 0 bridgehead atoms. The van der Waals surface area contributed by atoms with Crippen molar-refractivity contribution >= 4 is 38.9 Å². The second-order valence-electron chi connectivity index (χ2n) is 6.11. The molecule has 0 radical (unpaired) electrons. The van der Waals surface area contributed by atoms with E-state index in [0.717, 1.165) is 10.4 Å². The summed E-state index contributed by atoms with van der Waals surface area (Å²) in [5, 5.41) is 12.0. The summed E-state index contributed by atoms with van der Waals surface area (Å²) in [6, 6.07) is 9.92. The molecule has 30 heavy (non-hydrogen) atoms. The van der Waals surface area contributed by atoms with E-state index in [2.05, 4.69) is 18.4 Å². The minimum atomic E-state index is -4.23. The van der Waals surface area contributed by atoms with E-state index in [1.54, 1.807) is 18.2 Å². The van der Waals surface area contributed by atoms with Crippen LogP contribution in [0.15, 0.2) is 59.5 Å². The Morgan fingerprint density at radius 3 is 2.57 bits per heavy atom. The molecule has 0 aromatic heterocycles. The molecule has 0 heterocycles. The first-order valence-electron chi connectivity index (χ1n) is 8.50. The molecule has 0 unspecified atom stereocenters. The van der Waals surface area contributed by atoms with Crippen LogP contribution in [-0.4, -0.2) is 44.5 Å². The average molecular weight is 469 g/mol. The number of rotatable bonds is 8. The van der Waals surface area contributed by atoms with Crippen molar-refractivity contribution in [2.24, 2.45) is 0 Å². The summed E-state index contributed by atoms with van der Waals surface area (Å²) in [4.78, 5) is 10.1. The number of benzene rings is 2. The van der Waals surface area contributed by atoms with E-state index in [4.69, 9.17) is 27.9 Å². The van der Waals surface area contributed by atoms with Gasteiger partial charge in [0.2, 0.25) is 0 Å². The SMILES string of the molecule is C=C(COC)CN(CC#Cc1ccc(Cl)c(Cl)c1)S(=O)(=O)c1ccccc1[N+](=O)[O-]. The van der Waals surface area contributed by atoms with Crippen LogP contribution in [0.25, 0.3) is 0 Å². The largest absolute Gasteiger partial charge is 0.380 e. The van der Waals surface area contributed by atoms with Crippen molar-refractivity contribution in [3.05, 3.63) is 80.3 Å². The minimum Gasteiger partial charge on any atom is -0.380 e. The zero-order valence-corrected chi connectivity index (χ0v) is 18.3. The van der Waals surface area contributed by atoms with Crippen molar-refractivity contribution in [1.29, 1.82) is 0 Å². The topological polar surface area (TPSA) is 89.8 Å². The zero-order chi connectivity index (χ0) is 22.3. The maximum absolute atomic E-state index is 13.2. The van der Waals surface area contributed by atoms with Crippen LogP contribution in [0.4, 0.5) is 5.69 Å². The number of halogens is 2. The van der Waals surface area contributed by atoms with Gasteiger partial charge in [0.05, 0.1) is 28.1 Å². The maximum atomic E-state index is 13.2. The summed E-state index contributed by atoms with van der Waals surface area (Å²) in [6.07, 6.45) is 0. The highest BCUT2D eigenvalue weighted by Crippen LogP contribution is 2.26. The van der Waals surface area contributed by atoms with Gasteiger partial charge in [-0.1, -0.05) is 53.8 Å². The Balaban J connectivity index is 2.40. The van der Waals surface area contributed by atoms with Gasteiger partial charge in [-0.05, 0) is 29.8 Å². The quantitative estimate of drug-likeness (QED) is 0.251. The van der Waals surface area contributed by atoms with Crippen molar-refractivity contribution in [2.75, 3.05) is 26.8 Å². The summed E-state index contributed by atoms with van der Waals surface area (Å²) in [5.41, 5.74) is 0.497. The number of nitro benzene ring substituents is 1. The van der Waals surface area contributed by atoms with Gasteiger partial charge < -0.3 is 4.74 Å². The van der Waals surface area contributed by atoms with Gasteiger partial charge in [0.15, 0.2) is 4.90 Å². The van der Waals surface area contributed by atoms with Crippen LogP contribution in [0.2, 0.25) is 10.0 Å². The molecule has 0 atom stereocenters. The second-order valence-corrected chi connectivity index (χ2v) is 8.83. The smallest absolute Gasteiger partial charge is 0.289 e. The Hall–Kier alpha value is -2.41. The van der Waals surface area contributed by atoms with Gasteiger partial charge in [-0.3, -0.25) is 10.1 Å². The van der Waals surface area contributed by atoms with Crippen LogP contribution in [-0.2, 0) is 14.8 Å². The number of sulfonamides is 1. The third-order valence-corrected chi connectivity index (χ3v) is 6.41. The molecule has 2 rings (SSSR count). The molecule has 0 saturated heterocycles. The summed E-state index contributed by atoms with van der Waals surface area (Å²) in [7, 11) is -2.78. The fraction of sp³-hybridized carbons (Fsp3) is 0.200. The Bertz CT molecular complexity index is 1120. The van der Waals surface area contributed by atoms with E-state index in [1.165, 1.54) is 25.3 Å². The first kappa shape index (κ1) is 23.9. The summed E-state index contributed by atoms with van der Waals surface area (Å²) < 4.78 is 32.3. The molecule has 0 aliphatic rings. The lowest BCUT2D eigenvalue weighted by Gasteiger charge is -2.20. The molecule has 10 heteroatoms. The lowest BCUT2D eigenvalue weighted by molar-refractivity contribution is -0.387. The van der Waals surface area contributed by atoms with Crippen LogP contribution < -0.4 is 0 Å². The molecule has 0 aliphatic heterocycles. The molecule has 0 saturated carbocycles. The van der Waals surface area contributed by atoms with Crippen molar-refractivity contribution in [2.45, 2.75) is 4.90 Å². The van der Waals surface area contributed by atoms with Gasteiger partial charge in [0.25, 0.3) is 15.7 Å². The average Bonchev–Trinajstić information content (AvgIpc) is 2.70. The van der Waals surface area contributed by atoms with Gasteiger partial charge in [0.1, 0.15) is 0 Å². The van der Waals surface area contributed by atoms with E-state index in [-0.39, 0.29) is 19.7 Å². The normalized spacial score (nSPS) is 11.1. The van der Waals surface area contributed by atoms with Crippen molar-refractivity contribution < 1.29 is 18.1 Å². The van der Waals surface area contributed by atoms with Gasteiger partial charge in [-0.15, -0.1) is 0 Å². The predicted molar refractivity (Wildman–Crippen MR) is 116 cm³/mol. The lowest BCUT2D eigenvalue weighted by Crippen LogP contribution is -2.34. The van der Waals surface area contributed by atoms with E-state index < -0.39 is 25.5 Å². The number of hydrogen-bond donors (Lipinski definition) is 0. The molecule has 0 amide bonds.